The molecule has 0 atom stereocenters. The molecule has 0 aromatic carbocycles. The lowest BCUT2D eigenvalue weighted by molar-refractivity contribution is -0.285. The maximum Gasteiger partial charge on any atom is 0.377 e. The van der Waals surface area contributed by atoms with Crippen molar-refractivity contribution in [1.82, 2.24) is 0 Å². The van der Waals surface area contributed by atoms with Crippen LogP contribution in [0.3, 0.4) is 0 Å². The summed E-state index contributed by atoms with van der Waals surface area (Å²) >= 11 is 6.57. The molecule has 0 aliphatic heterocycles. The SMILES string of the molecule is CCCC(F)(F)C(F)(F)C(F)(F)C(=S)S. The first-order valence-electron chi connectivity index (χ1n) is 3.87. The molecule has 0 radical (unpaired) electrons. The van der Waals surface area contributed by atoms with E-state index in [9.17, 15) is 26.3 Å². The van der Waals surface area contributed by atoms with Gasteiger partial charge in [-0.05, 0) is 0 Å². The summed E-state index contributed by atoms with van der Waals surface area (Å²) in [5.74, 6) is -15.4. The second kappa shape index (κ2) is 4.48. The standard InChI is InChI=1S/C7H8F6S2/c1-2-3-5(8,9)7(12,13)6(10,11)4(14)15/h2-3H2,1H3,(H,14,15). The Balaban J connectivity index is 5.20. The van der Waals surface area contributed by atoms with Crippen LogP contribution in [0.25, 0.3) is 0 Å². The highest BCUT2D eigenvalue weighted by Crippen LogP contribution is 2.48. The van der Waals surface area contributed by atoms with Crippen molar-refractivity contribution >= 4 is 29.0 Å². The van der Waals surface area contributed by atoms with Crippen LogP contribution in [0.5, 0.6) is 0 Å². The summed E-state index contributed by atoms with van der Waals surface area (Å²) in [6.45, 7) is 1.18. The summed E-state index contributed by atoms with van der Waals surface area (Å²) < 4.78 is 74.7. The Morgan fingerprint density at radius 1 is 1.13 bits per heavy atom. The minimum Gasteiger partial charge on any atom is -0.200 e. The molecular formula is C7H8F6S2. The molecule has 0 aromatic heterocycles. The Bertz CT molecular complexity index is 250. The molecule has 0 spiro atoms. The summed E-state index contributed by atoms with van der Waals surface area (Å²) in [6, 6.07) is 0. The number of hydrogen-bond acceptors (Lipinski definition) is 1. The van der Waals surface area contributed by atoms with Crippen molar-refractivity contribution in [3.8, 4) is 0 Å². The molecule has 15 heavy (non-hydrogen) atoms. The number of rotatable bonds is 5. The number of halogens is 6. The zero-order valence-electron chi connectivity index (χ0n) is 7.54. The number of hydrogen-bond donors (Lipinski definition) is 1. The molecule has 0 N–H and O–H groups in total. The Hall–Kier alpha value is 0.0200. The molecule has 0 aromatic rings. The third-order valence-corrected chi connectivity index (χ3v) is 2.22. The molecule has 8 heteroatoms. The summed E-state index contributed by atoms with van der Waals surface area (Å²) in [7, 11) is 0. The molecular weight excluding hydrogens is 262 g/mol. The minimum absolute atomic E-state index is 0.349. The van der Waals surface area contributed by atoms with Crippen LogP contribution in [0.2, 0.25) is 0 Å². The lowest BCUT2D eigenvalue weighted by atomic mass is 10.0. The largest absolute Gasteiger partial charge is 0.377 e. The second-order valence-corrected chi connectivity index (χ2v) is 4.07. The minimum atomic E-state index is -5.52. The van der Waals surface area contributed by atoms with Crippen LogP contribution in [-0.2, 0) is 0 Å². The molecule has 0 saturated carbocycles. The Kier molecular flexibility index (Phi) is 4.49. The molecule has 0 rings (SSSR count). The Labute approximate surface area is 93.4 Å². The van der Waals surface area contributed by atoms with E-state index in [4.69, 9.17) is 0 Å². The van der Waals surface area contributed by atoms with Crippen LogP contribution in [0, 0.1) is 0 Å². The lowest BCUT2D eigenvalue weighted by Crippen LogP contribution is -2.56. The van der Waals surface area contributed by atoms with Gasteiger partial charge in [0, 0.05) is 6.42 Å². The Morgan fingerprint density at radius 3 is 1.80 bits per heavy atom. The first kappa shape index (κ1) is 15.0. The molecule has 90 valence electrons. The van der Waals surface area contributed by atoms with Crippen LogP contribution < -0.4 is 0 Å². The van der Waals surface area contributed by atoms with Crippen LogP contribution in [0.15, 0.2) is 0 Å². The molecule has 0 unspecified atom stereocenters. The average Bonchev–Trinajstić information content (AvgIpc) is 2.02. The molecule has 0 aliphatic carbocycles. The van der Waals surface area contributed by atoms with Crippen molar-refractivity contribution in [3.05, 3.63) is 0 Å². The van der Waals surface area contributed by atoms with Gasteiger partial charge in [0.25, 0.3) is 0 Å². The summed E-state index contributed by atoms with van der Waals surface area (Å²) in [5.41, 5.74) is 0. The van der Waals surface area contributed by atoms with Gasteiger partial charge in [-0.25, -0.2) is 0 Å². The van der Waals surface area contributed by atoms with Crippen molar-refractivity contribution < 1.29 is 26.3 Å². The van der Waals surface area contributed by atoms with Gasteiger partial charge in [-0.3, -0.25) is 0 Å². The highest BCUT2D eigenvalue weighted by molar-refractivity contribution is 8.11. The maximum atomic E-state index is 12.8. The first-order chi connectivity index (χ1) is 6.50. The topological polar surface area (TPSA) is 0 Å². The van der Waals surface area contributed by atoms with E-state index in [0.717, 1.165) is 0 Å². The molecule has 0 saturated heterocycles. The van der Waals surface area contributed by atoms with E-state index in [1.165, 1.54) is 6.92 Å². The monoisotopic (exact) mass is 270 g/mol. The first-order valence-corrected chi connectivity index (χ1v) is 4.73. The van der Waals surface area contributed by atoms with E-state index >= 15 is 0 Å². The summed E-state index contributed by atoms with van der Waals surface area (Å²) in [4.78, 5) is 0. The van der Waals surface area contributed by atoms with E-state index in [2.05, 4.69) is 24.8 Å². The highest BCUT2D eigenvalue weighted by Gasteiger charge is 2.71. The van der Waals surface area contributed by atoms with Crippen LogP contribution >= 0.6 is 24.8 Å². The molecule has 0 bridgehead atoms. The third-order valence-electron chi connectivity index (χ3n) is 1.69. The van der Waals surface area contributed by atoms with Crippen molar-refractivity contribution in [2.75, 3.05) is 0 Å². The van der Waals surface area contributed by atoms with Gasteiger partial charge in [-0.15, -0.1) is 12.6 Å². The van der Waals surface area contributed by atoms with E-state index in [-0.39, 0.29) is 6.42 Å². The number of thiol groups is 1. The summed E-state index contributed by atoms with van der Waals surface area (Å²) in [5, 5.41) is 0. The molecule has 0 amide bonds. The fourth-order valence-corrected chi connectivity index (χ4v) is 1.10. The number of alkyl halides is 6. The van der Waals surface area contributed by atoms with Gasteiger partial charge in [0.1, 0.15) is 4.20 Å². The fourth-order valence-electron chi connectivity index (χ4n) is 0.835. The van der Waals surface area contributed by atoms with Crippen LogP contribution in [-0.4, -0.2) is 22.0 Å². The van der Waals surface area contributed by atoms with Crippen molar-refractivity contribution in [2.24, 2.45) is 0 Å². The van der Waals surface area contributed by atoms with Gasteiger partial charge < -0.3 is 0 Å². The van der Waals surface area contributed by atoms with Crippen molar-refractivity contribution in [2.45, 2.75) is 37.5 Å². The van der Waals surface area contributed by atoms with Gasteiger partial charge >= 0.3 is 17.8 Å². The normalized spacial score (nSPS) is 14.1. The van der Waals surface area contributed by atoms with E-state index in [1.54, 1.807) is 0 Å². The van der Waals surface area contributed by atoms with Gasteiger partial charge in [0.05, 0.1) is 0 Å². The van der Waals surface area contributed by atoms with E-state index in [1.807, 2.05) is 0 Å². The second-order valence-electron chi connectivity index (χ2n) is 2.91. The smallest absolute Gasteiger partial charge is 0.200 e. The van der Waals surface area contributed by atoms with Crippen molar-refractivity contribution in [1.29, 1.82) is 0 Å². The maximum absolute atomic E-state index is 12.8. The quantitative estimate of drug-likeness (QED) is 0.448. The highest BCUT2D eigenvalue weighted by atomic mass is 32.1. The third kappa shape index (κ3) is 2.58. The molecule has 0 heterocycles. The fraction of sp³-hybridized carbons (Fsp3) is 0.857. The van der Waals surface area contributed by atoms with Crippen LogP contribution in [0.1, 0.15) is 19.8 Å². The predicted octanol–water partition coefficient (Wildman–Crippen LogP) is 3.95. The average molecular weight is 270 g/mol. The zero-order valence-corrected chi connectivity index (χ0v) is 9.25. The van der Waals surface area contributed by atoms with Gasteiger partial charge in [-0.2, -0.15) is 26.3 Å². The van der Waals surface area contributed by atoms with Gasteiger partial charge in [-0.1, -0.05) is 25.6 Å². The summed E-state index contributed by atoms with van der Waals surface area (Å²) in [6.07, 6.45) is -1.69. The van der Waals surface area contributed by atoms with Gasteiger partial charge in [0.2, 0.25) is 0 Å². The van der Waals surface area contributed by atoms with E-state index < -0.39 is 28.4 Å². The number of thiocarbonyl (C=S) groups is 1. The zero-order chi connectivity index (χ0) is 12.5. The Morgan fingerprint density at radius 2 is 1.53 bits per heavy atom. The predicted molar refractivity (Wildman–Crippen MR) is 51.3 cm³/mol. The van der Waals surface area contributed by atoms with Crippen molar-refractivity contribution in [3.63, 3.8) is 0 Å². The van der Waals surface area contributed by atoms with Crippen LogP contribution in [0.4, 0.5) is 26.3 Å². The molecule has 0 nitrogen and oxygen atoms in total. The molecule has 0 fully saturated rings. The van der Waals surface area contributed by atoms with E-state index in [0.29, 0.717) is 0 Å². The van der Waals surface area contributed by atoms with Gasteiger partial charge in [0.15, 0.2) is 0 Å². The lowest BCUT2D eigenvalue weighted by Gasteiger charge is -2.31. The molecule has 0 aliphatic rings.